The van der Waals surface area contributed by atoms with Crippen LogP contribution < -0.4 is 5.32 Å². The average molecular weight is 390 g/mol. The number of nitrogens with zero attached hydrogens (tertiary/aromatic N) is 1. The van der Waals surface area contributed by atoms with E-state index in [-0.39, 0.29) is 23.7 Å². The molecule has 0 aliphatic carbocycles. The Morgan fingerprint density at radius 1 is 0.897 bits per heavy atom. The molecule has 29 heavy (non-hydrogen) atoms. The van der Waals surface area contributed by atoms with Crippen molar-refractivity contribution in [3.05, 3.63) is 101 Å². The fourth-order valence-corrected chi connectivity index (χ4v) is 2.96. The first kappa shape index (κ1) is 20.3. The highest BCUT2D eigenvalue weighted by molar-refractivity contribution is 6.06. The van der Waals surface area contributed by atoms with Crippen LogP contribution in [0, 0.1) is 5.82 Å². The number of carbonyl (C=O) groups is 2. The molecule has 0 aromatic heterocycles. The molecule has 0 unspecified atom stereocenters. The molecule has 2 amide bonds. The van der Waals surface area contributed by atoms with Crippen LogP contribution in [0.15, 0.2) is 78.9 Å². The lowest BCUT2D eigenvalue weighted by Gasteiger charge is -2.27. The van der Waals surface area contributed by atoms with Gasteiger partial charge in [0.05, 0.1) is 0 Å². The van der Waals surface area contributed by atoms with Gasteiger partial charge in [-0.3, -0.25) is 9.59 Å². The predicted octanol–water partition coefficient (Wildman–Crippen LogP) is 5.13. The largest absolute Gasteiger partial charge is 0.332 e. The third-order valence-electron chi connectivity index (χ3n) is 4.55. The molecule has 0 heterocycles. The Morgan fingerprint density at radius 2 is 1.55 bits per heavy atom. The maximum absolute atomic E-state index is 13.1. The summed E-state index contributed by atoms with van der Waals surface area (Å²) >= 11 is 0. The third-order valence-corrected chi connectivity index (χ3v) is 4.55. The van der Waals surface area contributed by atoms with Crippen molar-refractivity contribution in [2.75, 3.05) is 5.32 Å². The van der Waals surface area contributed by atoms with Crippen molar-refractivity contribution >= 4 is 17.5 Å². The minimum atomic E-state index is -0.372. The van der Waals surface area contributed by atoms with E-state index in [1.54, 1.807) is 29.2 Å². The molecule has 0 fully saturated rings. The van der Waals surface area contributed by atoms with Crippen LogP contribution in [0.4, 0.5) is 10.1 Å². The molecule has 0 spiro atoms. The van der Waals surface area contributed by atoms with Crippen LogP contribution >= 0.6 is 0 Å². The molecule has 3 aromatic rings. The third kappa shape index (κ3) is 5.29. The zero-order valence-corrected chi connectivity index (χ0v) is 16.4. The minimum absolute atomic E-state index is 0.000552. The molecule has 3 aromatic carbocycles. The smallest absolute Gasteiger partial charge is 0.255 e. The highest BCUT2D eigenvalue weighted by Gasteiger charge is 2.20. The van der Waals surface area contributed by atoms with Gasteiger partial charge in [0.1, 0.15) is 5.82 Å². The molecule has 0 bridgehead atoms. The van der Waals surface area contributed by atoms with Gasteiger partial charge in [-0.05, 0) is 61.9 Å². The number of carbonyl (C=O) groups excluding carboxylic acids is 2. The predicted molar refractivity (Wildman–Crippen MR) is 112 cm³/mol. The SMILES string of the molecule is CC(C)N(Cc1ccccc1)C(=O)c1cccc(C(=O)Nc2ccc(F)cc2)c1. The van der Waals surface area contributed by atoms with E-state index in [4.69, 9.17) is 0 Å². The van der Waals surface area contributed by atoms with Crippen molar-refractivity contribution in [3.8, 4) is 0 Å². The van der Waals surface area contributed by atoms with E-state index in [0.717, 1.165) is 5.56 Å². The van der Waals surface area contributed by atoms with Crippen molar-refractivity contribution in [2.24, 2.45) is 0 Å². The molecule has 148 valence electrons. The zero-order chi connectivity index (χ0) is 20.8. The van der Waals surface area contributed by atoms with Crippen LogP contribution in [0.2, 0.25) is 0 Å². The Morgan fingerprint density at radius 3 is 2.21 bits per heavy atom. The Balaban J connectivity index is 1.78. The fourth-order valence-electron chi connectivity index (χ4n) is 2.96. The Labute approximate surface area is 170 Å². The highest BCUT2D eigenvalue weighted by atomic mass is 19.1. The van der Waals surface area contributed by atoms with Crippen molar-refractivity contribution in [1.29, 1.82) is 0 Å². The number of anilines is 1. The molecule has 1 N–H and O–H groups in total. The first-order chi connectivity index (χ1) is 13.9. The lowest BCUT2D eigenvalue weighted by atomic mass is 10.1. The van der Waals surface area contributed by atoms with Gasteiger partial charge in [0.2, 0.25) is 0 Å². The number of hydrogen-bond donors (Lipinski definition) is 1. The zero-order valence-electron chi connectivity index (χ0n) is 16.4. The van der Waals surface area contributed by atoms with Gasteiger partial charge >= 0.3 is 0 Å². The van der Waals surface area contributed by atoms with Gasteiger partial charge in [-0.15, -0.1) is 0 Å². The summed E-state index contributed by atoms with van der Waals surface area (Å²) in [7, 11) is 0. The molecule has 5 heteroatoms. The van der Waals surface area contributed by atoms with Gasteiger partial charge in [0, 0.05) is 29.4 Å². The maximum Gasteiger partial charge on any atom is 0.255 e. The monoisotopic (exact) mass is 390 g/mol. The number of amides is 2. The molecular weight excluding hydrogens is 367 g/mol. The van der Waals surface area contributed by atoms with Crippen LogP contribution in [-0.2, 0) is 6.54 Å². The van der Waals surface area contributed by atoms with E-state index in [0.29, 0.717) is 23.4 Å². The topological polar surface area (TPSA) is 49.4 Å². The van der Waals surface area contributed by atoms with Gasteiger partial charge in [-0.25, -0.2) is 4.39 Å². The van der Waals surface area contributed by atoms with Crippen molar-refractivity contribution in [3.63, 3.8) is 0 Å². The summed E-state index contributed by atoms with van der Waals surface area (Å²) in [4.78, 5) is 27.4. The fraction of sp³-hybridized carbons (Fsp3) is 0.167. The molecule has 0 saturated heterocycles. The molecule has 0 radical (unpaired) electrons. The minimum Gasteiger partial charge on any atom is -0.332 e. The molecule has 0 aliphatic heterocycles. The number of nitrogens with one attached hydrogen (secondary N) is 1. The Kier molecular flexibility index (Phi) is 6.39. The number of hydrogen-bond acceptors (Lipinski definition) is 2. The van der Waals surface area contributed by atoms with Crippen LogP contribution in [0.25, 0.3) is 0 Å². The van der Waals surface area contributed by atoms with Crippen molar-refractivity contribution in [2.45, 2.75) is 26.4 Å². The molecule has 4 nitrogen and oxygen atoms in total. The second-order valence-electron chi connectivity index (χ2n) is 7.05. The summed E-state index contributed by atoms with van der Waals surface area (Å²) in [5.74, 6) is -0.867. The standard InChI is InChI=1S/C24H23FN2O2/c1-17(2)27(16-18-7-4-3-5-8-18)24(29)20-10-6-9-19(15-20)23(28)26-22-13-11-21(25)12-14-22/h3-15,17H,16H2,1-2H3,(H,26,28). The second kappa shape index (κ2) is 9.15. The molecule has 0 aliphatic rings. The second-order valence-corrected chi connectivity index (χ2v) is 7.05. The van der Waals surface area contributed by atoms with E-state index in [2.05, 4.69) is 5.32 Å². The average Bonchev–Trinajstić information content (AvgIpc) is 2.74. The van der Waals surface area contributed by atoms with E-state index in [1.165, 1.54) is 24.3 Å². The quantitative estimate of drug-likeness (QED) is 0.634. The van der Waals surface area contributed by atoms with Gasteiger partial charge in [0.25, 0.3) is 11.8 Å². The lowest BCUT2D eigenvalue weighted by Crippen LogP contribution is -2.36. The maximum atomic E-state index is 13.1. The van der Waals surface area contributed by atoms with Gasteiger partial charge in [-0.2, -0.15) is 0 Å². The highest BCUT2D eigenvalue weighted by Crippen LogP contribution is 2.16. The first-order valence-electron chi connectivity index (χ1n) is 9.46. The number of halogens is 1. The van der Waals surface area contributed by atoms with Gasteiger partial charge in [0.15, 0.2) is 0 Å². The normalized spacial score (nSPS) is 10.6. The summed E-state index contributed by atoms with van der Waals surface area (Å²) in [6.07, 6.45) is 0. The summed E-state index contributed by atoms with van der Waals surface area (Å²) in [5, 5.41) is 2.71. The van der Waals surface area contributed by atoms with E-state index >= 15 is 0 Å². The van der Waals surface area contributed by atoms with Crippen molar-refractivity contribution in [1.82, 2.24) is 4.90 Å². The summed E-state index contributed by atoms with van der Waals surface area (Å²) < 4.78 is 13.0. The van der Waals surface area contributed by atoms with E-state index in [1.807, 2.05) is 44.2 Å². The molecule has 0 atom stereocenters. The summed E-state index contributed by atoms with van der Waals surface area (Å²) in [5.41, 5.74) is 2.34. The van der Waals surface area contributed by atoms with Crippen molar-refractivity contribution < 1.29 is 14.0 Å². The van der Waals surface area contributed by atoms with E-state index in [9.17, 15) is 14.0 Å². The summed E-state index contributed by atoms with van der Waals surface area (Å²) in [6, 6.07) is 21.9. The van der Waals surface area contributed by atoms with Gasteiger partial charge in [-0.1, -0.05) is 36.4 Å². The van der Waals surface area contributed by atoms with Crippen LogP contribution in [0.5, 0.6) is 0 Å². The van der Waals surface area contributed by atoms with E-state index < -0.39 is 0 Å². The first-order valence-corrected chi connectivity index (χ1v) is 9.46. The number of benzene rings is 3. The van der Waals surface area contributed by atoms with Crippen LogP contribution in [0.3, 0.4) is 0 Å². The van der Waals surface area contributed by atoms with Crippen LogP contribution in [0.1, 0.15) is 40.1 Å². The Hall–Kier alpha value is -3.47. The lowest BCUT2D eigenvalue weighted by molar-refractivity contribution is 0.0690. The molecule has 0 saturated carbocycles. The van der Waals surface area contributed by atoms with Crippen LogP contribution in [-0.4, -0.2) is 22.8 Å². The van der Waals surface area contributed by atoms with Gasteiger partial charge < -0.3 is 10.2 Å². The molecule has 3 rings (SSSR count). The summed E-state index contributed by atoms with van der Waals surface area (Å²) in [6.45, 7) is 4.42. The molecular formula is C24H23FN2O2. The number of rotatable bonds is 6. The Bertz CT molecular complexity index is 985.